The topological polar surface area (TPSA) is 106 Å². The number of aromatic nitrogens is 2. The van der Waals surface area contributed by atoms with Crippen molar-refractivity contribution in [3.8, 4) is 22.8 Å². The predicted octanol–water partition coefficient (Wildman–Crippen LogP) is 5.55. The van der Waals surface area contributed by atoms with Crippen LogP contribution in [-0.2, 0) is 19.4 Å². The molecule has 3 heterocycles. The summed E-state index contributed by atoms with van der Waals surface area (Å²) in [5.41, 5.74) is 4.77. The van der Waals surface area contributed by atoms with Gasteiger partial charge in [-0.1, -0.05) is 39.0 Å². The maximum absolute atomic E-state index is 13.9. The molecule has 1 atom stereocenters. The van der Waals surface area contributed by atoms with Crippen LogP contribution in [0.1, 0.15) is 66.6 Å². The summed E-state index contributed by atoms with van der Waals surface area (Å²) in [7, 11) is 1.62. The minimum atomic E-state index is -0.698. The van der Waals surface area contributed by atoms with E-state index in [0.717, 1.165) is 33.3 Å². The number of H-pyrrole nitrogens is 1. The van der Waals surface area contributed by atoms with Gasteiger partial charge in [-0.15, -0.1) is 0 Å². The number of Topliss-reactive ketones (excluding diaryl/α,β-unsaturated/α-hetero) is 1. The third kappa shape index (κ3) is 5.48. The van der Waals surface area contributed by atoms with Crippen molar-refractivity contribution in [1.29, 1.82) is 0 Å². The SMILES string of the molecule is COc1cc2c(cc1OC(C)C)-c1cc(C(=O)N[C@@H](CO)Cc3c[nH]c4ccccc34)c(C(=O)C(C)(C)C)n1CC2. The summed E-state index contributed by atoms with van der Waals surface area (Å²) in [6, 6.07) is 13.1. The lowest BCUT2D eigenvalue weighted by Crippen LogP contribution is -2.40. The van der Waals surface area contributed by atoms with Gasteiger partial charge >= 0.3 is 0 Å². The zero-order valence-electron chi connectivity index (χ0n) is 24.6. The van der Waals surface area contributed by atoms with E-state index in [2.05, 4.69) is 10.3 Å². The molecule has 0 saturated carbocycles. The molecule has 8 heteroatoms. The van der Waals surface area contributed by atoms with Gasteiger partial charge in [-0.3, -0.25) is 9.59 Å². The van der Waals surface area contributed by atoms with E-state index >= 15 is 0 Å². The normalized spacial score (nSPS) is 13.6. The number of rotatable bonds is 9. The van der Waals surface area contributed by atoms with Crippen molar-refractivity contribution in [2.45, 2.75) is 66.2 Å². The fourth-order valence-electron chi connectivity index (χ4n) is 5.55. The average Bonchev–Trinajstić information content (AvgIpc) is 3.53. The molecule has 2 aromatic carbocycles. The van der Waals surface area contributed by atoms with Crippen LogP contribution in [0, 0.1) is 5.41 Å². The number of nitrogens with zero attached hydrogens (tertiary/aromatic N) is 1. The number of carbonyl (C=O) groups excluding carboxylic acids is 2. The Balaban J connectivity index is 1.54. The van der Waals surface area contributed by atoms with Crippen molar-refractivity contribution in [3.05, 3.63) is 71.0 Å². The number of aryl methyl sites for hydroxylation is 1. The summed E-state index contributed by atoms with van der Waals surface area (Å²) in [5.74, 6) is 0.781. The van der Waals surface area contributed by atoms with Crippen LogP contribution in [0.15, 0.2) is 48.7 Å². The number of fused-ring (bicyclic) bond motifs is 4. The molecule has 0 spiro atoms. The average molecular weight is 558 g/mol. The lowest BCUT2D eigenvalue weighted by molar-refractivity contribution is 0.0833. The van der Waals surface area contributed by atoms with Gasteiger partial charge in [0.2, 0.25) is 0 Å². The Hall–Kier alpha value is -4.04. The van der Waals surface area contributed by atoms with E-state index in [1.807, 2.05) is 81.8 Å². The summed E-state index contributed by atoms with van der Waals surface area (Å²) in [6.07, 6.45) is 2.98. The Bertz CT molecular complexity index is 1610. The van der Waals surface area contributed by atoms with Gasteiger partial charge in [-0.25, -0.2) is 0 Å². The molecule has 0 radical (unpaired) electrons. The van der Waals surface area contributed by atoms with Gasteiger partial charge in [0.15, 0.2) is 17.3 Å². The number of aromatic amines is 1. The van der Waals surface area contributed by atoms with Crippen molar-refractivity contribution in [1.82, 2.24) is 14.9 Å². The number of methoxy groups -OCH3 is 1. The highest BCUT2D eigenvalue weighted by Gasteiger charge is 2.35. The van der Waals surface area contributed by atoms with Gasteiger partial charge < -0.3 is 29.4 Å². The summed E-state index contributed by atoms with van der Waals surface area (Å²) in [4.78, 5) is 30.9. The van der Waals surface area contributed by atoms with Crippen LogP contribution in [0.5, 0.6) is 11.5 Å². The minimum Gasteiger partial charge on any atom is -0.493 e. The van der Waals surface area contributed by atoms with Gasteiger partial charge in [0.25, 0.3) is 5.91 Å². The molecule has 0 saturated heterocycles. The molecule has 216 valence electrons. The Morgan fingerprint density at radius 3 is 2.56 bits per heavy atom. The molecule has 2 aromatic heterocycles. The number of nitrogens with one attached hydrogen (secondary N) is 2. The largest absolute Gasteiger partial charge is 0.493 e. The number of benzene rings is 2. The quantitative estimate of drug-likeness (QED) is 0.234. The second-order valence-corrected chi connectivity index (χ2v) is 12.0. The molecule has 0 bridgehead atoms. The highest BCUT2D eigenvalue weighted by atomic mass is 16.5. The number of ketones is 1. The monoisotopic (exact) mass is 557 g/mol. The highest BCUT2D eigenvalue weighted by molar-refractivity contribution is 6.10. The number of ether oxygens (including phenoxy) is 2. The Morgan fingerprint density at radius 2 is 1.88 bits per heavy atom. The fourth-order valence-corrected chi connectivity index (χ4v) is 5.55. The van der Waals surface area contributed by atoms with Crippen molar-refractivity contribution in [3.63, 3.8) is 0 Å². The molecule has 1 aliphatic rings. The first-order chi connectivity index (χ1) is 19.5. The fraction of sp³-hybridized carbons (Fsp3) is 0.394. The van der Waals surface area contributed by atoms with Crippen LogP contribution in [0.25, 0.3) is 22.2 Å². The molecule has 3 N–H and O–H groups in total. The van der Waals surface area contributed by atoms with Crippen LogP contribution in [0.4, 0.5) is 0 Å². The first kappa shape index (κ1) is 28.5. The van der Waals surface area contributed by atoms with Crippen molar-refractivity contribution >= 4 is 22.6 Å². The summed E-state index contributed by atoms with van der Waals surface area (Å²) >= 11 is 0. The molecule has 5 rings (SSSR count). The van der Waals surface area contributed by atoms with Crippen LogP contribution in [0.2, 0.25) is 0 Å². The van der Waals surface area contributed by atoms with Gasteiger partial charge in [0, 0.05) is 40.3 Å². The lowest BCUT2D eigenvalue weighted by atomic mass is 9.87. The molecular formula is C33H39N3O5. The molecule has 41 heavy (non-hydrogen) atoms. The van der Waals surface area contributed by atoms with Crippen LogP contribution in [0.3, 0.4) is 0 Å². The van der Waals surface area contributed by atoms with Crippen LogP contribution >= 0.6 is 0 Å². The number of aliphatic hydroxyl groups excluding tert-OH is 1. The predicted molar refractivity (Wildman–Crippen MR) is 160 cm³/mol. The molecule has 1 amide bonds. The third-order valence-corrected chi connectivity index (χ3v) is 7.57. The Kier molecular flexibility index (Phi) is 7.70. The van der Waals surface area contributed by atoms with Crippen LogP contribution < -0.4 is 14.8 Å². The molecule has 0 unspecified atom stereocenters. The summed E-state index contributed by atoms with van der Waals surface area (Å²) in [6.45, 7) is 9.82. The smallest absolute Gasteiger partial charge is 0.253 e. The Morgan fingerprint density at radius 1 is 1.12 bits per heavy atom. The maximum atomic E-state index is 13.9. The number of hydrogen-bond acceptors (Lipinski definition) is 5. The first-order valence-corrected chi connectivity index (χ1v) is 14.1. The number of carbonyl (C=O) groups is 2. The Labute approximate surface area is 240 Å². The zero-order chi connectivity index (χ0) is 29.5. The van der Waals surface area contributed by atoms with Gasteiger partial charge in [0.05, 0.1) is 37.1 Å². The standard InChI is InChI=1S/C33H39N3O5/c1-19(2)41-29-16-24-20(14-28(29)40-6)11-12-36-27(24)15-25(30(36)31(38)33(3,4)5)32(39)35-22(18-37)13-21-17-34-26-10-8-7-9-23(21)26/h7-10,14-17,19,22,34,37H,11-13,18H2,1-6H3,(H,35,39)/t22-/m1/s1. The summed E-state index contributed by atoms with van der Waals surface area (Å²) < 4.78 is 13.6. The maximum Gasteiger partial charge on any atom is 0.253 e. The van der Waals surface area contributed by atoms with Gasteiger partial charge in [-0.05, 0) is 62.1 Å². The second kappa shape index (κ2) is 11.1. The van der Waals surface area contributed by atoms with Crippen molar-refractivity contribution < 1.29 is 24.2 Å². The second-order valence-electron chi connectivity index (χ2n) is 12.0. The number of aliphatic hydroxyl groups is 1. The van der Waals surface area contributed by atoms with E-state index < -0.39 is 11.5 Å². The molecular weight excluding hydrogens is 518 g/mol. The van der Waals surface area contributed by atoms with E-state index in [-0.39, 0.29) is 24.4 Å². The summed E-state index contributed by atoms with van der Waals surface area (Å²) in [5, 5.41) is 14.3. The minimum absolute atomic E-state index is 0.0516. The molecule has 1 aliphatic heterocycles. The molecule has 4 aromatic rings. The van der Waals surface area contributed by atoms with Crippen molar-refractivity contribution in [2.24, 2.45) is 5.41 Å². The first-order valence-electron chi connectivity index (χ1n) is 14.1. The van der Waals surface area contributed by atoms with E-state index in [4.69, 9.17) is 9.47 Å². The number of para-hydroxylation sites is 1. The van der Waals surface area contributed by atoms with E-state index in [1.54, 1.807) is 13.2 Å². The van der Waals surface area contributed by atoms with E-state index in [0.29, 0.717) is 42.1 Å². The highest BCUT2D eigenvalue weighted by Crippen LogP contribution is 2.41. The lowest BCUT2D eigenvalue weighted by Gasteiger charge is -2.25. The number of amides is 1. The van der Waals surface area contributed by atoms with Gasteiger partial charge in [0.1, 0.15) is 0 Å². The zero-order valence-corrected chi connectivity index (χ0v) is 24.6. The third-order valence-electron chi connectivity index (χ3n) is 7.57. The molecule has 0 fully saturated rings. The van der Waals surface area contributed by atoms with Crippen LogP contribution in [-0.4, -0.2) is 52.2 Å². The molecule has 0 aliphatic carbocycles. The van der Waals surface area contributed by atoms with Gasteiger partial charge in [-0.2, -0.15) is 0 Å². The van der Waals surface area contributed by atoms with E-state index in [9.17, 15) is 14.7 Å². The number of hydrogen-bond donors (Lipinski definition) is 3. The van der Waals surface area contributed by atoms with E-state index in [1.165, 1.54) is 0 Å². The van der Waals surface area contributed by atoms with Crippen molar-refractivity contribution in [2.75, 3.05) is 13.7 Å². The molecule has 8 nitrogen and oxygen atoms in total.